The summed E-state index contributed by atoms with van der Waals surface area (Å²) >= 11 is 0. The zero-order valence-corrected chi connectivity index (χ0v) is 38.4. The highest BCUT2D eigenvalue weighted by Crippen LogP contribution is 2.44. The number of aromatic hydroxyl groups is 1. The molecule has 0 saturated carbocycles. The van der Waals surface area contributed by atoms with E-state index in [1.165, 1.54) is 27.8 Å². The second-order valence-corrected chi connectivity index (χ2v) is 18.1. The molecule has 0 radical (unpaired) electrons. The molecule has 2 aromatic heterocycles. The van der Waals surface area contributed by atoms with Crippen molar-refractivity contribution in [1.29, 1.82) is 0 Å². The Morgan fingerprint density at radius 2 is 1.05 bits per heavy atom. The lowest BCUT2D eigenvalue weighted by atomic mass is 9.91. The summed E-state index contributed by atoms with van der Waals surface area (Å²) in [7, 11) is 0. The van der Waals surface area contributed by atoms with Crippen LogP contribution in [0, 0.1) is 13.8 Å². The summed E-state index contributed by atoms with van der Waals surface area (Å²) in [5.74, 6) is 1.34. The molecular formula is C62H53N3O. The van der Waals surface area contributed by atoms with Crippen LogP contribution in [0.25, 0.3) is 95.0 Å². The van der Waals surface area contributed by atoms with Crippen molar-refractivity contribution in [3.05, 3.63) is 217 Å². The van der Waals surface area contributed by atoms with Crippen molar-refractivity contribution in [3.63, 3.8) is 0 Å². The van der Waals surface area contributed by atoms with E-state index in [-0.39, 0.29) is 17.6 Å². The van der Waals surface area contributed by atoms with Crippen LogP contribution < -0.4 is 0 Å². The molecule has 4 nitrogen and oxygen atoms in total. The van der Waals surface area contributed by atoms with E-state index in [1.54, 1.807) is 0 Å². The summed E-state index contributed by atoms with van der Waals surface area (Å²) < 4.78 is 2.26. The lowest BCUT2D eigenvalue weighted by molar-refractivity contribution is 0.466. The number of pyridine rings is 1. The van der Waals surface area contributed by atoms with Crippen molar-refractivity contribution >= 4 is 11.0 Å². The van der Waals surface area contributed by atoms with Gasteiger partial charge in [0, 0.05) is 23.0 Å². The van der Waals surface area contributed by atoms with Gasteiger partial charge in [-0.15, -0.1) is 0 Å². The maximum atomic E-state index is 12.3. The Morgan fingerprint density at radius 1 is 0.455 bits per heavy atom. The number of phenolic OH excluding ortho intramolecular Hbond substituents is 1. The molecule has 2 heterocycles. The molecule has 0 saturated heterocycles. The van der Waals surface area contributed by atoms with Gasteiger partial charge in [-0.25, -0.2) is 4.98 Å². The molecule has 0 unspecified atom stereocenters. The Labute approximate surface area is 388 Å². The minimum absolute atomic E-state index is 0.113. The van der Waals surface area contributed by atoms with Crippen molar-refractivity contribution in [1.82, 2.24) is 14.5 Å². The predicted molar refractivity (Wildman–Crippen MR) is 276 cm³/mol. The van der Waals surface area contributed by atoms with Crippen LogP contribution in [-0.4, -0.2) is 19.6 Å². The Hall–Kier alpha value is -7.82. The summed E-state index contributed by atoms with van der Waals surface area (Å²) in [4.78, 5) is 10.6. The fraction of sp³-hybridized carbons (Fsp3) is 0.129. The van der Waals surface area contributed by atoms with Crippen LogP contribution in [0.4, 0.5) is 0 Å². The van der Waals surface area contributed by atoms with Crippen LogP contribution in [0.15, 0.2) is 194 Å². The Balaban J connectivity index is 1.19. The van der Waals surface area contributed by atoms with Crippen molar-refractivity contribution in [2.24, 2.45) is 0 Å². The quantitative estimate of drug-likeness (QED) is 0.149. The van der Waals surface area contributed by atoms with Crippen LogP contribution in [0.2, 0.25) is 0 Å². The third kappa shape index (κ3) is 8.01. The van der Waals surface area contributed by atoms with Gasteiger partial charge in [0.2, 0.25) is 0 Å². The van der Waals surface area contributed by atoms with E-state index >= 15 is 0 Å². The van der Waals surface area contributed by atoms with Crippen LogP contribution in [0.1, 0.15) is 61.8 Å². The minimum Gasteiger partial charge on any atom is -0.507 e. The summed E-state index contributed by atoms with van der Waals surface area (Å²) in [5.41, 5.74) is 21.1. The summed E-state index contributed by atoms with van der Waals surface area (Å²) in [6, 6.07) is 66.8. The van der Waals surface area contributed by atoms with Crippen molar-refractivity contribution in [3.8, 4) is 89.7 Å². The fourth-order valence-corrected chi connectivity index (χ4v) is 9.27. The summed E-state index contributed by atoms with van der Waals surface area (Å²) in [5, 5.41) is 12.3. The SMILES string of the molecule is Cc1cc(-n2c(-c3cc(C(C)C)cc(C(C)C)c3O)nc3c(-c4cc(-c5ccccc5)cc(-c5cc(-c6ccc(-c7ccccc7)cc6)ccn5)c4)cccc32)cc(-c2ccccc2)c1C. The highest BCUT2D eigenvalue weighted by atomic mass is 16.3. The molecule has 10 aromatic rings. The van der Waals surface area contributed by atoms with Gasteiger partial charge >= 0.3 is 0 Å². The van der Waals surface area contributed by atoms with Gasteiger partial charge in [0.05, 0.1) is 22.3 Å². The second kappa shape index (κ2) is 17.6. The molecule has 4 heteroatoms. The number of aromatic nitrogens is 3. The number of fused-ring (bicyclic) bond motifs is 1. The molecule has 0 fully saturated rings. The number of imidazole rings is 1. The molecule has 0 aliphatic rings. The van der Waals surface area contributed by atoms with Crippen molar-refractivity contribution in [2.75, 3.05) is 0 Å². The monoisotopic (exact) mass is 855 g/mol. The number of hydrogen-bond acceptors (Lipinski definition) is 3. The number of rotatable bonds is 10. The van der Waals surface area contributed by atoms with Gasteiger partial charge in [-0.05, 0) is 153 Å². The topological polar surface area (TPSA) is 50.9 Å². The lowest BCUT2D eigenvalue weighted by Crippen LogP contribution is -2.03. The average Bonchev–Trinajstić information content (AvgIpc) is 3.75. The number of nitrogens with zero attached hydrogens (tertiary/aromatic N) is 3. The van der Waals surface area contributed by atoms with E-state index in [1.807, 2.05) is 12.3 Å². The van der Waals surface area contributed by atoms with Crippen molar-refractivity contribution in [2.45, 2.75) is 53.4 Å². The average molecular weight is 856 g/mol. The standard InChI is InChI=1S/C62H53N3O/c1-39(2)49-35-55(40(3)4)61(66)57(36-49)62-64-60-54(23-16-24-59(60)65(62)53-31-41(5)42(6)56(38-53)47-21-14-9-15-22-47)51-32-50(44-19-12-8-13-20-44)33-52(34-51)58-37-48(29-30-63-58)46-27-25-45(26-28-46)43-17-10-7-11-18-43/h7-40,66H,1-6H3. The molecular weight excluding hydrogens is 803 g/mol. The normalized spacial score (nSPS) is 11.5. The Morgan fingerprint density at radius 3 is 1.70 bits per heavy atom. The van der Waals surface area contributed by atoms with Gasteiger partial charge in [0.25, 0.3) is 0 Å². The Kier molecular flexibility index (Phi) is 11.3. The highest BCUT2D eigenvalue weighted by Gasteiger charge is 2.25. The molecule has 66 heavy (non-hydrogen) atoms. The van der Waals surface area contributed by atoms with E-state index in [4.69, 9.17) is 9.97 Å². The fourth-order valence-electron chi connectivity index (χ4n) is 9.27. The van der Waals surface area contributed by atoms with Crippen LogP contribution in [0.3, 0.4) is 0 Å². The number of para-hydroxylation sites is 1. The Bertz CT molecular complexity index is 3370. The molecule has 0 aliphatic carbocycles. The third-order valence-electron chi connectivity index (χ3n) is 13.1. The van der Waals surface area contributed by atoms with Gasteiger partial charge in [-0.2, -0.15) is 0 Å². The number of phenols is 1. The smallest absolute Gasteiger partial charge is 0.149 e. The van der Waals surface area contributed by atoms with E-state index in [0.717, 1.165) is 83.6 Å². The first-order valence-corrected chi connectivity index (χ1v) is 23.0. The van der Waals surface area contributed by atoms with Crippen LogP contribution in [0.5, 0.6) is 5.75 Å². The molecule has 0 bridgehead atoms. The molecule has 0 aliphatic heterocycles. The van der Waals surface area contributed by atoms with E-state index in [2.05, 4.69) is 228 Å². The van der Waals surface area contributed by atoms with Gasteiger partial charge in [-0.1, -0.05) is 161 Å². The summed E-state index contributed by atoms with van der Waals surface area (Å²) in [6.07, 6.45) is 1.91. The van der Waals surface area contributed by atoms with Gasteiger partial charge in [0.15, 0.2) is 0 Å². The minimum atomic E-state index is 0.113. The first kappa shape index (κ1) is 42.1. The zero-order valence-electron chi connectivity index (χ0n) is 38.4. The van der Waals surface area contributed by atoms with E-state index in [9.17, 15) is 5.11 Å². The predicted octanol–water partition coefficient (Wildman–Crippen LogP) is 16.7. The first-order valence-electron chi connectivity index (χ1n) is 23.0. The zero-order chi connectivity index (χ0) is 45.5. The lowest BCUT2D eigenvalue weighted by Gasteiger charge is -2.19. The van der Waals surface area contributed by atoms with Gasteiger partial charge < -0.3 is 5.11 Å². The molecule has 322 valence electrons. The van der Waals surface area contributed by atoms with Crippen molar-refractivity contribution < 1.29 is 5.11 Å². The number of aryl methyl sites for hydroxylation is 1. The van der Waals surface area contributed by atoms with Gasteiger partial charge in [-0.3, -0.25) is 9.55 Å². The van der Waals surface area contributed by atoms with Gasteiger partial charge in [0.1, 0.15) is 11.6 Å². The van der Waals surface area contributed by atoms with Crippen LogP contribution >= 0.6 is 0 Å². The molecule has 8 aromatic carbocycles. The molecule has 1 N–H and O–H groups in total. The first-order chi connectivity index (χ1) is 32.1. The molecule has 10 rings (SSSR count). The molecule has 0 spiro atoms. The molecule has 0 amide bonds. The van der Waals surface area contributed by atoms with E-state index < -0.39 is 0 Å². The van der Waals surface area contributed by atoms with Crippen LogP contribution in [-0.2, 0) is 0 Å². The largest absolute Gasteiger partial charge is 0.507 e. The summed E-state index contributed by atoms with van der Waals surface area (Å²) in [6.45, 7) is 13.1. The second-order valence-electron chi connectivity index (χ2n) is 18.1. The maximum absolute atomic E-state index is 12.3. The maximum Gasteiger partial charge on any atom is 0.149 e. The number of hydrogen-bond donors (Lipinski definition) is 1. The third-order valence-corrected chi connectivity index (χ3v) is 13.1. The highest BCUT2D eigenvalue weighted by molar-refractivity contribution is 5.98. The molecule has 0 atom stereocenters. The van der Waals surface area contributed by atoms with E-state index in [0.29, 0.717) is 5.82 Å². The number of benzene rings is 8.